The Kier molecular flexibility index (Phi) is 3.61. The zero-order chi connectivity index (χ0) is 17.4. The Morgan fingerprint density at radius 1 is 1.08 bits per heavy atom. The molecule has 3 aromatic rings. The quantitative estimate of drug-likeness (QED) is 0.740. The summed E-state index contributed by atoms with van der Waals surface area (Å²) in [7, 11) is 0. The first kappa shape index (κ1) is 15.2. The van der Waals surface area contributed by atoms with E-state index >= 15 is 0 Å². The number of carbonyl (C=O) groups is 2. The molecule has 2 heterocycles. The van der Waals surface area contributed by atoms with Gasteiger partial charge in [0.25, 0.3) is 0 Å². The molecule has 0 fully saturated rings. The van der Waals surface area contributed by atoms with E-state index in [1.165, 1.54) is 18.6 Å². The number of rotatable bonds is 3. The van der Waals surface area contributed by atoms with Crippen molar-refractivity contribution in [1.29, 1.82) is 0 Å². The number of fused-ring (bicyclic) bond motifs is 1. The van der Waals surface area contributed by atoms with E-state index in [9.17, 15) is 9.59 Å². The number of aromatic nitrogens is 3. The third-order valence-electron chi connectivity index (χ3n) is 4.35. The molecule has 5 nitrogen and oxygen atoms in total. The van der Waals surface area contributed by atoms with Crippen molar-refractivity contribution in [3.8, 4) is 5.69 Å². The summed E-state index contributed by atoms with van der Waals surface area (Å²) >= 11 is 0. The second-order valence-electron chi connectivity index (χ2n) is 6.01. The molecule has 1 aromatic carbocycles. The normalized spacial score (nSPS) is 13.6. The molecule has 0 spiro atoms. The van der Waals surface area contributed by atoms with Crippen molar-refractivity contribution in [2.75, 3.05) is 0 Å². The third-order valence-corrected chi connectivity index (χ3v) is 4.35. The highest BCUT2D eigenvalue weighted by Gasteiger charge is 2.26. The van der Waals surface area contributed by atoms with Gasteiger partial charge in [-0.2, -0.15) is 0 Å². The van der Waals surface area contributed by atoms with Crippen LogP contribution in [0, 0.1) is 6.92 Å². The lowest BCUT2D eigenvalue weighted by atomic mass is 9.90. The molecule has 2 aromatic heterocycles. The van der Waals surface area contributed by atoms with Gasteiger partial charge in [-0.1, -0.05) is 12.1 Å². The minimum atomic E-state index is -0.244. The Labute approximate surface area is 144 Å². The summed E-state index contributed by atoms with van der Waals surface area (Å²) < 4.78 is 2.09. The molecule has 0 aliphatic heterocycles. The Morgan fingerprint density at radius 3 is 2.60 bits per heavy atom. The van der Waals surface area contributed by atoms with Crippen LogP contribution in [0.4, 0.5) is 0 Å². The Balaban J connectivity index is 1.60. The fraction of sp³-hybridized carbons (Fsp3) is 0.100. The predicted molar refractivity (Wildman–Crippen MR) is 93.0 cm³/mol. The molecule has 0 unspecified atom stereocenters. The SMILES string of the molecule is Cc1cccn1-c1ccc(CC2=CC(=O)c3ncncc3C2=O)cc1. The highest BCUT2D eigenvalue weighted by Crippen LogP contribution is 2.22. The van der Waals surface area contributed by atoms with Crippen LogP contribution in [0.25, 0.3) is 5.69 Å². The zero-order valence-electron chi connectivity index (χ0n) is 13.6. The number of allylic oxidation sites excluding steroid dienone is 2. The predicted octanol–water partition coefficient (Wildman–Crippen LogP) is 3.12. The number of hydrogen-bond acceptors (Lipinski definition) is 4. The Hall–Kier alpha value is -3.34. The van der Waals surface area contributed by atoms with E-state index in [1.54, 1.807) is 0 Å². The summed E-state index contributed by atoms with van der Waals surface area (Å²) in [5.74, 6) is -0.424. The van der Waals surface area contributed by atoms with Gasteiger partial charge in [0.15, 0.2) is 5.78 Å². The summed E-state index contributed by atoms with van der Waals surface area (Å²) in [6.45, 7) is 2.05. The monoisotopic (exact) mass is 329 g/mol. The summed E-state index contributed by atoms with van der Waals surface area (Å²) in [5.41, 5.74) is 4.12. The second kappa shape index (κ2) is 5.94. The van der Waals surface area contributed by atoms with Gasteiger partial charge in [-0.05, 0) is 42.8 Å². The lowest BCUT2D eigenvalue weighted by molar-refractivity contribution is 0.0978. The topological polar surface area (TPSA) is 64.8 Å². The van der Waals surface area contributed by atoms with Crippen LogP contribution >= 0.6 is 0 Å². The first-order valence-corrected chi connectivity index (χ1v) is 7.96. The molecule has 0 amide bonds. The molecule has 1 aliphatic rings. The Bertz CT molecular complexity index is 1010. The fourth-order valence-electron chi connectivity index (χ4n) is 3.04. The van der Waals surface area contributed by atoms with Crippen LogP contribution in [0.15, 0.2) is 66.8 Å². The van der Waals surface area contributed by atoms with E-state index in [4.69, 9.17) is 0 Å². The van der Waals surface area contributed by atoms with Crippen LogP contribution in [-0.2, 0) is 6.42 Å². The van der Waals surface area contributed by atoms with E-state index in [0.29, 0.717) is 12.0 Å². The smallest absolute Gasteiger partial charge is 0.205 e. The van der Waals surface area contributed by atoms with Crippen LogP contribution in [0.1, 0.15) is 32.1 Å². The van der Waals surface area contributed by atoms with Crippen molar-refractivity contribution in [2.24, 2.45) is 0 Å². The van der Waals surface area contributed by atoms with Gasteiger partial charge in [-0.3, -0.25) is 9.59 Å². The maximum atomic E-state index is 12.6. The number of ketones is 2. The van der Waals surface area contributed by atoms with Crippen LogP contribution < -0.4 is 0 Å². The lowest BCUT2D eigenvalue weighted by Gasteiger charge is -2.14. The van der Waals surface area contributed by atoms with Crippen LogP contribution in [0.3, 0.4) is 0 Å². The number of aryl methyl sites for hydroxylation is 1. The van der Waals surface area contributed by atoms with E-state index in [1.807, 2.05) is 49.5 Å². The molecule has 25 heavy (non-hydrogen) atoms. The van der Waals surface area contributed by atoms with Gasteiger partial charge < -0.3 is 4.57 Å². The standard InChI is InChI=1S/C20H15N3O2/c1-13-3-2-8-23(13)16-6-4-14(5-7-16)9-15-10-18(24)19-17(20(15)25)11-21-12-22-19/h2-8,10-12H,9H2,1H3. The highest BCUT2D eigenvalue weighted by molar-refractivity contribution is 6.23. The molecule has 0 atom stereocenters. The summed E-state index contributed by atoms with van der Waals surface area (Å²) in [4.78, 5) is 32.5. The average molecular weight is 329 g/mol. The molecule has 0 radical (unpaired) electrons. The average Bonchev–Trinajstić information content (AvgIpc) is 3.06. The molecule has 0 bridgehead atoms. The van der Waals surface area contributed by atoms with Gasteiger partial charge in [0.05, 0.1) is 5.56 Å². The summed E-state index contributed by atoms with van der Waals surface area (Å²) in [6.07, 6.45) is 6.50. The lowest BCUT2D eigenvalue weighted by Crippen LogP contribution is -2.20. The first-order chi connectivity index (χ1) is 12.1. The van der Waals surface area contributed by atoms with E-state index in [2.05, 4.69) is 14.5 Å². The maximum Gasteiger partial charge on any atom is 0.205 e. The number of nitrogens with zero attached hydrogens (tertiary/aromatic N) is 3. The number of carbonyl (C=O) groups excluding carboxylic acids is 2. The molecule has 0 saturated heterocycles. The first-order valence-electron chi connectivity index (χ1n) is 7.96. The van der Waals surface area contributed by atoms with E-state index in [-0.39, 0.29) is 22.8 Å². The molecule has 122 valence electrons. The third kappa shape index (κ3) is 2.70. The second-order valence-corrected chi connectivity index (χ2v) is 6.01. The van der Waals surface area contributed by atoms with Crippen LogP contribution in [0.5, 0.6) is 0 Å². The molecular weight excluding hydrogens is 314 g/mol. The fourth-order valence-corrected chi connectivity index (χ4v) is 3.04. The van der Waals surface area contributed by atoms with Gasteiger partial charge >= 0.3 is 0 Å². The van der Waals surface area contributed by atoms with E-state index in [0.717, 1.165) is 16.9 Å². The molecule has 0 N–H and O–H groups in total. The summed E-state index contributed by atoms with van der Waals surface area (Å²) in [5, 5.41) is 0. The molecule has 4 rings (SSSR count). The van der Waals surface area contributed by atoms with Crippen molar-refractivity contribution in [1.82, 2.24) is 14.5 Å². The van der Waals surface area contributed by atoms with Gasteiger partial charge in [-0.15, -0.1) is 0 Å². The maximum absolute atomic E-state index is 12.6. The van der Waals surface area contributed by atoms with Crippen LogP contribution in [0.2, 0.25) is 0 Å². The van der Waals surface area contributed by atoms with E-state index < -0.39 is 0 Å². The minimum absolute atomic E-state index is 0.180. The van der Waals surface area contributed by atoms with Crippen molar-refractivity contribution in [3.05, 3.63) is 89.3 Å². The number of benzene rings is 1. The summed E-state index contributed by atoms with van der Waals surface area (Å²) in [6, 6.07) is 12.0. The zero-order valence-corrected chi connectivity index (χ0v) is 13.6. The Morgan fingerprint density at radius 2 is 1.88 bits per heavy atom. The number of Topliss-reactive ketones (excluding diaryl/α,β-unsaturated/α-hetero) is 1. The molecule has 1 aliphatic carbocycles. The van der Waals surface area contributed by atoms with Crippen LogP contribution in [-0.4, -0.2) is 26.1 Å². The van der Waals surface area contributed by atoms with Gasteiger partial charge in [-0.25, -0.2) is 9.97 Å². The molecular formula is C20H15N3O2. The largest absolute Gasteiger partial charge is 0.321 e. The van der Waals surface area contributed by atoms with Crippen molar-refractivity contribution in [3.63, 3.8) is 0 Å². The van der Waals surface area contributed by atoms with Gasteiger partial charge in [0.2, 0.25) is 5.78 Å². The number of hydrogen-bond donors (Lipinski definition) is 0. The molecule has 0 saturated carbocycles. The van der Waals surface area contributed by atoms with Crippen molar-refractivity contribution < 1.29 is 9.59 Å². The van der Waals surface area contributed by atoms with Crippen molar-refractivity contribution >= 4 is 11.6 Å². The van der Waals surface area contributed by atoms with Gasteiger partial charge in [0, 0.05) is 35.8 Å². The highest BCUT2D eigenvalue weighted by atomic mass is 16.1. The minimum Gasteiger partial charge on any atom is -0.321 e. The van der Waals surface area contributed by atoms with Crippen molar-refractivity contribution in [2.45, 2.75) is 13.3 Å². The molecule has 5 heteroatoms. The van der Waals surface area contributed by atoms with Gasteiger partial charge in [0.1, 0.15) is 12.0 Å².